The standard InChI is InChI=1S/C12H23N/c1-3-13-9(2)12-8-10-4-6-11(12)7-5-10/h9-13H,3-8H2,1-2H3. The highest BCUT2D eigenvalue weighted by Gasteiger charge is 2.37. The molecule has 3 aliphatic carbocycles. The molecule has 0 radical (unpaired) electrons. The predicted molar refractivity (Wildman–Crippen MR) is 56.7 cm³/mol. The first-order valence-corrected chi connectivity index (χ1v) is 6.04. The van der Waals surface area contributed by atoms with Crippen molar-refractivity contribution in [1.29, 1.82) is 0 Å². The van der Waals surface area contributed by atoms with Gasteiger partial charge in [-0.15, -0.1) is 0 Å². The van der Waals surface area contributed by atoms with Crippen LogP contribution in [0.4, 0.5) is 0 Å². The van der Waals surface area contributed by atoms with E-state index in [1.54, 1.807) is 0 Å². The average Bonchev–Trinajstić information content (AvgIpc) is 2.20. The molecule has 0 saturated heterocycles. The lowest BCUT2D eigenvalue weighted by atomic mass is 9.63. The molecule has 1 heteroatoms. The molecule has 0 aromatic rings. The van der Waals surface area contributed by atoms with Gasteiger partial charge in [0.25, 0.3) is 0 Å². The van der Waals surface area contributed by atoms with Crippen molar-refractivity contribution in [3.8, 4) is 0 Å². The SMILES string of the molecule is CCNC(C)C1CC2CCC1CC2. The van der Waals surface area contributed by atoms with E-state index < -0.39 is 0 Å². The van der Waals surface area contributed by atoms with E-state index in [1.807, 2.05) is 0 Å². The third-order valence-electron chi connectivity index (χ3n) is 4.27. The van der Waals surface area contributed by atoms with Crippen LogP contribution in [0, 0.1) is 17.8 Å². The highest BCUT2D eigenvalue weighted by Crippen LogP contribution is 2.46. The van der Waals surface area contributed by atoms with Crippen molar-refractivity contribution in [2.75, 3.05) is 6.54 Å². The maximum Gasteiger partial charge on any atom is 0.00696 e. The molecule has 1 nitrogen and oxygen atoms in total. The largest absolute Gasteiger partial charge is 0.314 e. The lowest BCUT2D eigenvalue weighted by Gasteiger charge is -2.45. The van der Waals surface area contributed by atoms with Crippen molar-refractivity contribution in [3.63, 3.8) is 0 Å². The summed E-state index contributed by atoms with van der Waals surface area (Å²) in [7, 11) is 0. The van der Waals surface area contributed by atoms with E-state index in [9.17, 15) is 0 Å². The van der Waals surface area contributed by atoms with Gasteiger partial charge in [-0.25, -0.2) is 0 Å². The van der Waals surface area contributed by atoms with Gasteiger partial charge in [0, 0.05) is 6.04 Å². The first-order chi connectivity index (χ1) is 6.31. The molecule has 13 heavy (non-hydrogen) atoms. The van der Waals surface area contributed by atoms with Gasteiger partial charge in [0.1, 0.15) is 0 Å². The van der Waals surface area contributed by atoms with Crippen LogP contribution in [0.1, 0.15) is 46.0 Å². The lowest BCUT2D eigenvalue weighted by Crippen LogP contribution is -2.43. The second-order valence-corrected chi connectivity index (χ2v) is 5.03. The quantitative estimate of drug-likeness (QED) is 0.706. The average molecular weight is 181 g/mol. The second-order valence-electron chi connectivity index (χ2n) is 5.03. The van der Waals surface area contributed by atoms with Gasteiger partial charge in [-0.05, 0) is 50.5 Å². The molecule has 0 aliphatic heterocycles. The monoisotopic (exact) mass is 181 g/mol. The molecular weight excluding hydrogens is 158 g/mol. The van der Waals surface area contributed by atoms with Crippen molar-refractivity contribution < 1.29 is 0 Å². The Morgan fingerprint density at radius 1 is 1.23 bits per heavy atom. The maximum atomic E-state index is 3.60. The molecule has 2 bridgehead atoms. The fraction of sp³-hybridized carbons (Fsp3) is 1.00. The van der Waals surface area contributed by atoms with Crippen molar-refractivity contribution in [2.45, 2.75) is 52.0 Å². The van der Waals surface area contributed by atoms with Crippen molar-refractivity contribution in [3.05, 3.63) is 0 Å². The van der Waals surface area contributed by atoms with E-state index in [-0.39, 0.29) is 0 Å². The van der Waals surface area contributed by atoms with Gasteiger partial charge in [0.15, 0.2) is 0 Å². The molecule has 0 aromatic heterocycles. The maximum absolute atomic E-state index is 3.60. The van der Waals surface area contributed by atoms with Crippen molar-refractivity contribution in [1.82, 2.24) is 5.32 Å². The zero-order valence-corrected chi connectivity index (χ0v) is 9.05. The Labute approximate surface area is 82.3 Å². The second kappa shape index (κ2) is 4.00. The topological polar surface area (TPSA) is 12.0 Å². The first-order valence-electron chi connectivity index (χ1n) is 6.04. The van der Waals surface area contributed by atoms with E-state index in [2.05, 4.69) is 19.2 Å². The summed E-state index contributed by atoms with van der Waals surface area (Å²) in [5.41, 5.74) is 0. The van der Waals surface area contributed by atoms with Gasteiger partial charge >= 0.3 is 0 Å². The van der Waals surface area contributed by atoms with Gasteiger partial charge in [-0.3, -0.25) is 0 Å². The van der Waals surface area contributed by atoms with E-state index >= 15 is 0 Å². The van der Waals surface area contributed by atoms with Gasteiger partial charge in [0.2, 0.25) is 0 Å². The third kappa shape index (κ3) is 1.90. The van der Waals surface area contributed by atoms with Crippen LogP contribution in [0.3, 0.4) is 0 Å². The highest BCUT2D eigenvalue weighted by molar-refractivity contribution is 4.90. The summed E-state index contributed by atoms with van der Waals surface area (Å²) in [5, 5.41) is 3.60. The summed E-state index contributed by atoms with van der Waals surface area (Å²) in [6, 6.07) is 0.762. The fourth-order valence-electron chi connectivity index (χ4n) is 3.52. The zero-order valence-electron chi connectivity index (χ0n) is 9.05. The lowest BCUT2D eigenvalue weighted by molar-refractivity contribution is 0.0759. The third-order valence-corrected chi connectivity index (χ3v) is 4.27. The van der Waals surface area contributed by atoms with Crippen LogP contribution in [0.2, 0.25) is 0 Å². The van der Waals surface area contributed by atoms with Crippen LogP contribution in [0.15, 0.2) is 0 Å². The number of fused-ring (bicyclic) bond motifs is 3. The number of hydrogen-bond donors (Lipinski definition) is 1. The smallest absolute Gasteiger partial charge is 0.00696 e. The molecule has 2 atom stereocenters. The Hall–Kier alpha value is -0.0400. The summed E-state index contributed by atoms with van der Waals surface area (Å²) in [5.74, 6) is 3.13. The van der Waals surface area contributed by atoms with Crippen LogP contribution in [-0.4, -0.2) is 12.6 Å². The van der Waals surface area contributed by atoms with Gasteiger partial charge in [-0.1, -0.05) is 19.8 Å². The van der Waals surface area contributed by atoms with Crippen LogP contribution in [0.5, 0.6) is 0 Å². The Balaban J connectivity index is 1.92. The minimum absolute atomic E-state index is 0.762. The van der Waals surface area contributed by atoms with Gasteiger partial charge in [0.05, 0.1) is 0 Å². The Morgan fingerprint density at radius 3 is 2.38 bits per heavy atom. The van der Waals surface area contributed by atoms with E-state index in [0.29, 0.717) is 0 Å². The zero-order chi connectivity index (χ0) is 9.26. The molecule has 1 N–H and O–H groups in total. The molecule has 2 unspecified atom stereocenters. The summed E-state index contributed by atoms with van der Waals surface area (Å²) in [4.78, 5) is 0. The minimum Gasteiger partial charge on any atom is -0.314 e. The molecule has 0 heterocycles. The highest BCUT2D eigenvalue weighted by atomic mass is 14.9. The number of hydrogen-bond acceptors (Lipinski definition) is 1. The molecule has 3 aliphatic rings. The Morgan fingerprint density at radius 2 is 1.92 bits per heavy atom. The Kier molecular flexibility index (Phi) is 2.92. The summed E-state index contributed by atoms with van der Waals surface area (Å²) >= 11 is 0. The molecule has 3 rings (SSSR count). The molecule has 3 saturated carbocycles. The molecule has 0 amide bonds. The normalized spacial score (nSPS) is 40.6. The van der Waals surface area contributed by atoms with Crippen molar-refractivity contribution in [2.24, 2.45) is 17.8 Å². The number of nitrogens with one attached hydrogen (secondary N) is 1. The summed E-state index contributed by atoms with van der Waals surface area (Å²) < 4.78 is 0. The molecule has 3 fully saturated rings. The van der Waals surface area contributed by atoms with Crippen LogP contribution in [-0.2, 0) is 0 Å². The molecule has 0 aromatic carbocycles. The predicted octanol–water partition coefficient (Wildman–Crippen LogP) is 2.81. The number of rotatable bonds is 3. The van der Waals surface area contributed by atoms with Crippen LogP contribution >= 0.6 is 0 Å². The minimum atomic E-state index is 0.762. The molecular formula is C12H23N. The Bertz CT molecular complexity index is 159. The van der Waals surface area contributed by atoms with E-state index in [0.717, 1.165) is 30.3 Å². The fourth-order valence-corrected chi connectivity index (χ4v) is 3.52. The van der Waals surface area contributed by atoms with Gasteiger partial charge < -0.3 is 5.32 Å². The molecule has 0 spiro atoms. The summed E-state index contributed by atoms with van der Waals surface area (Å²) in [6.07, 6.45) is 7.61. The van der Waals surface area contributed by atoms with Crippen molar-refractivity contribution >= 4 is 0 Å². The summed E-state index contributed by atoms with van der Waals surface area (Å²) in [6.45, 7) is 5.74. The van der Waals surface area contributed by atoms with Crippen LogP contribution in [0.25, 0.3) is 0 Å². The van der Waals surface area contributed by atoms with Crippen LogP contribution < -0.4 is 5.32 Å². The van der Waals surface area contributed by atoms with E-state index in [1.165, 1.54) is 32.1 Å². The molecule has 76 valence electrons. The van der Waals surface area contributed by atoms with E-state index in [4.69, 9.17) is 0 Å². The first kappa shape index (κ1) is 9.51. The van der Waals surface area contributed by atoms with Gasteiger partial charge in [-0.2, -0.15) is 0 Å².